The standard InChI is InChI=1S/C7H17NO/c1-4-7(3,8)6-9-5-2/h4-6,8H2,1-3H3. The third-order valence-electron chi connectivity index (χ3n) is 1.44. The molecule has 0 bridgehead atoms. The summed E-state index contributed by atoms with van der Waals surface area (Å²) >= 11 is 0. The Balaban J connectivity index is 3.33. The number of ether oxygens (including phenoxy) is 1. The van der Waals surface area contributed by atoms with Gasteiger partial charge in [-0.3, -0.25) is 0 Å². The van der Waals surface area contributed by atoms with Crippen LogP contribution >= 0.6 is 0 Å². The quantitative estimate of drug-likeness (QED) is 0.621. The van der Waals surface area contributed by atoms with Crippen LogP contribution in [0.1, 0.15) is 27.2 Å². The van der Waals surface area contributed by atoms with Crippen molar-refractivity contribution in [2.24, 2.45) is 5.73 Å². The predicted molar refractivity (Wildman–Crippen MR) is 39.4 cm³/mol. The zero-order valence-electron chi connectivity index (χ0n) is 6.61. The molecule has 0 fully saturated rings. The van der Waals surface area contributed by atoms with Gasteiger partial charge >= 0.3 is 0 Å². The fourth-order valence-corrected chi connectivity index (χ4v) is 0.437. The van der Waals surface area contributed by atoms with Gasteiger partial charge in [-0.2, -0.15) is 0 Å². The first-order valence-electron chi connectivity index (χ1n) is 3.49. The van der Waals surface area contributed by atoms with Gasteiger partial charge in [0.15, 0.2) is 0 Å². The lowest BCUT2D eigenvalue weighted by molar-refractivity contribution is 0.0997. The van der Waals surface area contributed by atoms with Crippen molar-refractivity contribution < 1.29 is 4.74 Å². The molecule has 0 saturated heterocycles. The Hall–Kier alpha value is -0.0800. The van der Waals surface area contributed by atoms with Gasteiger partial charge in [0, 0.05) is 12.1 Å². The molecule has 0 aliphatic rings. The lowest BCUT2D eigenvalue weighted by Crippen LogP contribution is -2.40. The molecule has 0 aliphatic heterocycles. The Labute approximate surface area is 57.4 Å². The minimum atomic E-state index is -0.129. The second-order valence-corrected chi connectivity index (χ2v) is 2.64. The third kappa shape index (κ3) is 4.43. The van der Waals surface area contributed by atoms with Crippen LogP contribution < -0.4 is 5.73 Å². The summed E-state index contributed by atoms with van der Waals surface area (Å²) in [6.07, 6.45) is 0.965. The van der Waals surface area contributed by atoms with Crippen LogP contribution in [0.25, 0.3) is 0 Å². The van der Waals surface area contributed by atoms with Crippen molar-refractivity contribution in [2.75, 3.05) is 13.2 Å². The molecular formula is C7H17NO. The molecule has 2 N–H and O–H groups in total. The summed E-state index contributed by atoms with van der Waals surface area (Å²) in [5.41, 5.74) is 5.65. The zero-order valence-corrected chi connectivity index (χ0v) is 6.61. The van der Waals surface area contributed by atoms with Crippen molar-refractivity contribution in [1.29, 1.82) is 0 Å². The average Bonchev–Trinajstić information content (AvgIpc) is 1.84. The molecule has 0 radical (unpaired) electrons. The van der Waals surface area contributed by atoms with E-state index in [1.54, 1.807) is 0 Å². The lowest BCUT2D eigenvalue weighted by Gasteiger charge is -2.21. The maximum Gasteiger partial charge on any atom is 0.0643 e. The van der Waals surface area contributed by atoms with E-state index in [-0.39, 0.29) is 5.54 Å². The molecule has 2 heteroatoms. The van der Waals surface area contributed by atoms with Crippen LogP contribution in [0.15, 0.2) is 0 Å². The highest BCUT2D eigenvalue weighted by molar-refractivity contribution is 4.75. The van der Waals surface area contributed by atoms with Crippen molar-refractivity contribution in [1.82, 2.24) is 0 Å². The first-order valence-corrected chi connectivity index (χ1v) is 3.49. The maximum atomic E-state index is 5.78. The molecule has 0 amide bonds. The molecule has 1 unspecified atom stereocenters. The molecule has 0 aromatic rings. The van der Waals surface area contributed by atoms with Gasteiger partial charge in [-0.15, -0.1) is 0 Å². The summed E-state index contributed by atoms with van der Waals surface area (Å²) in [5, 5.41) is 0. The van der Waals surface area contributed by atoms with E-state index in [0.717, 1.165) is 13.0 Å². The summed E-state index contributed by atoms with van der Waals surface area (Å²) in [7, 11) is 0. The fourth-order valence-electron chi connectivity index (χ4n) is 0.437. The topological polar surface area (TPSA) is 35.2 Å². The molecule has 0 aromatic heterocycles. The summed E-state index contributed by atoms with van der Waals surface area (Å²) in [4.78, 5) is 0. The highest BCUT2D eigenvalue weighted by atomic mass is 16.5. The fraction of sp³-hybridized carbons (Fsp3) is 1.00. The number of hydrogen-bond donors (Lipinski definition) is 1. The molecule has 1 atom stereocenters. The second-order valence-electron chi connectivity index (χ2n) is 2.64. The Bertz CT molecular complexity index is 71.3. The molecule has 2 nitrogen and oxygen atoms in total. The van der Waals surface area contributed by atoms with E-state index in [1.165, 1.54) is 0 Å². The minimum Gasteiger partial charge on any atom is -0.380 e. The van der Waals surface area contributed by atoms with Gasteiger partial charge in [0.2, 0.25) is 0 Å². The summed E-state index contributed by atoms with van der Waals surface area (Å²) in [6, 6.07) is 0. The van der Waals surface area contributed by atoms with E-state index in [2.05, 4.69) is 6.92 Å². The maximum absolute atomic E-state index is 5.78. The van der Waals surface area contributed by atoms with Crippen LogP contribution in [0.5, 0.6) is 0 Å². The summed E-state index contributed by atoms with van der Waals surface area (Å²) in [6.45, 7) is 7.47. The number of rotatable bonds is 4. The minimum absolute atomic E-state index is 0.129. The largest absolute Gasteiger partial charge is 0.380 e. The Morgan fingerprint density at radius 3 is 2.33 bits per heavy atom. The molecule has 0 spiro atoms. The van der Waals surface area contributed by atoms with Crippen LogP contribution in [0.3, 0.4) is 0 Å². The summed E-state index contributed by atoms with van der Waals surface area (Å²) < 4.78 is 5.16. The van der Waals surface area contributed by atoms with Crippen LogP contribution in [0.2, 0.25) is 0 Å². The van der Waals surface area contributed by atoms with Gasteiger partial charge in [0.05, 0.1) is 6.61 Å². The molecule has 0 saturated carbocycles. The highest BCUT2D eigenvalue weighted by Gasteiger charge is 2.14. The van der Waals surface area contributed by atoms with Gasteiger partial charge in [-0.1, -0.05) is 6.92 Å². The van der Waals surface area contributed by atoms with Gasteiger partial charge in [0.1, 0.15) is 0 Å². The van der Waals surface area contributed by atoms with E-state index < -0.39 is 0 Å². The second kappa shape index (κ2) is 3.85. The highest BCUT2D eigenvalue weighted by Crippen LogP contribution is 2.03. The Kier molecular flexibility index (Phi) is 3.82. The van der Waals surface area contributed by atoms with Crippen LogP contribution in [0, 0.1) is 0 Å². The van der Waals surface area contributed by atoms with E-state index >= 15 is 0 Å². The van der Waals surface area contributed by atoms with Gasteiger partial charge in [0.25, 0.3) is 0 Å². The Morgan fingerprint density at radius 2 is 2.00 bits per heavy atom. The average molecular weight is 131 g/mol. The summed E-state index contributed by atoms with van der Waals surface area (Å²) in [5.74, 6) is 0. The molecular weight excluding hydrogens is 114 g/mol. The van der Waals surface area contributed by atoms with Gasteiger partial charge in [-0.05, 0) is 20.3 Å². The van der Waals surface area contributed by atoms with E-state index in [0.29, 0.717) is 6.61 Å². The van der Waals surface area contributed by atoms with Crippen molar-refractivity contribution >= 4 is 0 Å². The smallest absolute Gasteiger partial charge is 0.0643 e. The first kappa shape index (κ1) is 8.92. The molecule has 0 rings (SSSR count). The molecule has 56 valence electrons. The van der Waals surface area contributed by atoms with E-state index in [4.69, 9.17) is 10.5 Å². The molecule has 0 heterocycles. The van der Waals surface area contributed by atoms with Crippen LogP contribution in [-0.2, 0) is 4.74 Å². The van der Waals surface area contributed by atoms with Crippen molar-refractivity contribution in [3.8, 4) is 0 Å². The molecule has 0 aromatic carbocycles. The van der Waals surface area contributed by atoms with Crippen molar-refractivity contribution in [3.05, 3.63) is 0 Å². The number of nitrogens with two attached hydrogens (primary N) is 1. The first-order chi connectivity index (χ1) is 4.12. The normalized spacial score (nSPS) is 17.3. The van der Waals surface area contributed by atoms with Crippen LogP contribution in [-0.4, -0.2) is 18.8 Å². The van der Waals surface area contributed by atoms with Gasteiger partial charge in [-0.25, -0.2) is 0 Å². The van der Waals surface area contributed by atoms with E-state index in [9.17, 15) is 0 Å². The van der Waals surface area contributed by atoms with Crippen molar-refractivity contribution in [2.45, 2.75) is 32.7 Å². The molecule has 0 aliphatic carbocycles. The monoisotopic (exact) mass is 131 g/mol. The zero-order chi connectivity index (χ0) is 7.33. The van der Waals surface area contributed by atoms with Crippen LogP contribution in [0.4, 0.5) is 0 Å². The van der Waals surface area contributed by atoms with E-state index in [1.807, 2.05) is 13.8 Å². The SMILES string of the molecule is CCOCC(C)(N)CC. The number of hydrogen-bond acceptors (Lipinski definition) is 2. The molecule has 9 heavy (non-hydrogen) atoms. The lowest BCUT2D eigenvalue weighted by atomic mass is 10.0. The third-order valence-corrected chi connectivity index (χ3v) is 1.44. The predicted octanol–water partition coefficient (Wildman–Crippen LogP) is 1.15. The van der Waals surface area contributed by atoms with Crippen molar-refractivity contribution in [3.63, 3.8) is 0 Å². The van der Waals surface area contributed by atoms with Gasteiger partial charge < -0.3 is 10.5 Å². The Morgan fingerprint density at radius 1 is 1.44 bits per heavy atom.